The number of likely N-dealkylation sites (tertiary alicyclic amines) is 2. The third-order valence-corrected chi connectivity index (χ3v) is 6.99. The first-order valence-corrected chi connectivity index (χ1v) is 11.2. The van der Waals surface area contributed by atoms with Crippen molar-refractivity contribution in [2.45, 2.75) is 24.9 Å². The summed E-state index contributed by atoms with van der Waals surface area (Å²) in [5.74, 6) is 0.0553. The zero-order chi connectivity index (χ0) is 21.7. The lowest BCUT2D eigenvalue weighted by Crippen LogP contribution is -2.62. The summed E-state index contributed by atoms with van der Waals surface area (Å²) in [6, 6.07) is 18.3. The number of H-pyrrole nitrogens is 1. The number of amides is 1. The highest BCUT2D eigenvalue weighted by Gasteiger charge is 2.37. The number of aromatic nitrogens is 3. The van der Waals surface area contributed by atoms with Crippen LogP contribution in [0.4, 0.5) is 0 Å². The number of aromatic amines is 1. The number of nitrogens with one attached hydrogen (secondary N) is 1. The molecule has 4 aromatic rings. The molecule has 2 fully saturated rings. The molecule has 0 unspecified atom stereocenters. The van der Waals surface area contributed by atoms with E-state index >= 15 is 0 Å². The van der Waals surface area contributed by atoms with Gasteiger partial charge in [-0.25, -0.2) is 4.79 Å². The fraction of sp³-hybridized carbons (Fsp3) is 0.320. The van der Waals surface area contributed by atoms with Crippen molar-refractivity contribution in [2.75, 3.05) is 26.2 Å². The molecule has 2 saturated heterocycles. The topological polar surface area (TPSA) is 74.2 Å². The Morgan fingerprint density at radius 1 is 0.969 bits per heavy atom. The Morgan fingerprint density at radius 2 is 1.72 bits per heavy atom. The van der Waals surface area contributed by atoms with Crippen molar-refractivity contribution in [3.63, 3.8) is 0 Å². The van der Waals surface area contributed by atoms with Crippen molar-refractivity contribution in [1.82, 2.24) is 24.3 Å². The number of pyridine rings is 1. The molecule has 1 N–H and O–H groups in total. The smallest absolute Gasteiger partial charge is 0.326 e. The molecule has 4 heterocycles. The summed E-state index contributed by atoms with van der Waals surface area (Å²) in [6.07, 6.45) is 3.57. The fourth-order valence-electron chi connectivity index (χ4n) is 5.17. The molecule has 7 nitrogen and oxygen atoms in total. The van der Waals surface area contributed by atoms with Crippen LogP contribution < -0.4 is 5.69 Å². The number of imidazole rings is 1. The van der Waals surface area contributed by atoms with E-state index in [1.165, 1.54) is 0 Å². The summed E-state index contributed by atoms with van der Waals surface area (Å²) in [5, 5.41) is 0.991. The van der Waals surface area contributed by atoms with E-state index in [4.69, 9.17) is 0 Å². The van der Waals surface area contributed by atoms with E-state index < -0.39 is 0 Å². The molecule has 6 rings (SSSR count). The van der Waals surface area contributed by atoms with Crippen molar-refractivity contribution in [2.24, 2.45) is 0 Å². The summed E-state index contributed by atoms with van der Waals surface area (Å²) in [5.41, 5.74) is 3.42. The minimum absolute atomic E-state index is 0.0194. The summed E-state index contributed by atoms with van der Waals surface area (Å²) in [4.78, 5) is 37.2. The molecule has 2 aromatic carbocycles. The predicted octanol–water partition coefficient (Wildman–Crippen LogP) is 3.04. The van der Waals surface area contributed by atoms with Gasteiger partial charge in [-0.2, -0.15) is 0 Å². The van der Waals surface area contributed by atoms with E-state index in [9.17, 15) is 9.59 Å². The highest BCUT2D eigenvalue weighted by molar-refractivity contribution is 5.97. The largest absolute Gasteiger partial charge is 0.335 e. The number of carbonyl (C=O) groups is 1. The molecule has 0 spiro atoms. The van der Waals surface area contributed by atoms with E-state index in [2.05, 4.69) is 14.9 Å². The highest BCUT2D eigenvalue weighted by atomic mass is 16.2. The Labute approximate surface area is 185 Å². The molecule has 2 aliphatic heterocycles. The van der Waals surface area contributed by atoms with E-state index in [1.54, 1.807) is 6.20 Å². The molecule has 0 bridgehead atoms. The van der Waals surface area contributed by atoms with Crippen LogP contribution >= 0.6 is 0 Å². The Hall–Kier alpha value is -3.45. The summed E-state index contributed by atoms with van der Waals surface area (Å²) >= 11 is 0. The standard InChI is InChI=1S/C25H25N5O2/c31-24(18-13-17-5-1-2-6-21(17)26-14-18)29-15-20(16-29)28-11-9-19(10-12-28)30-23-8-4-3-7-22(23)27-25(30)32/h1-8,13-14,19-20H,9-12,15-16H2,(H,27,32). The first kappa shape index (κ1) is 19.3. The van der Waals surface area contributed by atoms with Crippen molar-refractivity contribution in [1.29, 1.82) is 0 Å². The van der Waals surface area contributed by atoms with Gasteiger partial charge in [-0.05, 0) is 37.1 Å². The lowest BCUT2D eigenvalue weighted by Gasteiger charge is -2.47. The number of benzene rings is 2. The minimum Gasteiger partial charge on any atom is -0.335 e. The first-order chi connectivity index (χ1) is 15.7. The Kier molecular flexibility index (Phi) is 4.57. The monoisotopic (exact) mass is 427 g/mol. The Bertz CT molecular complexity index is 1360. The molecule has 0 aliphatic carbocycles. The Balaban J connectivity index is 1.08. The van der Waals surface area contributed by atoms with Crippen LogP contribution in [0.2, 0.25) is 0 Å². The average Bonchev–Trinajstić information content (AvgIpc) is 3.14. The number of nitrogens with zero attached hydrogens (tertiary/aromatic N) is 4. The van der Waals surface area contributed by atoms with Gasteiger partial charge in [-0.15, -0.1) is 0 Å². The van der Waals surface area contributed by atoms with Gasteiger partial charge in [0, 0.05) is 49.8 Å². The summed E-state index contributed by atoms with van der Waals surface area (Å²) in [7, 11) is 0. The quantitative estimate of drug-likeness (QED) is 0.545. The maximum absolute atomic E-state index is 12.9. The van der Waals surface area contributed by atoms with Crippen LogP contribution in [0.1, 0.15) is 29.2 Å². The predicted molar refractivity (Wildman–Crippen MR) is 124 cm³/mol. The Morgan fingerprint density at radius 3 is 2.56 bits per heavy atom. The second-order valence-corrected chi connectivity index (χ2v) is 8.87. The van der Waals surface area contributed by atoms with Crippen LogP contribution in [0.3, 0.4) is 0 Å². The van der Waals surface area contributed by atoms with Crippen molar-refractivity contribution < 1.29 is 4.79 Å². The van der Waals surface area contributed by atoms with E-state index in [0.29, 0.717) is 11.6 Å². The van der Waals surface area contributed by atoms with Gasteiger partial charge in [0.1, 0.15) is 0 Å². The number of hydrogen-bond acceptors (Lipinski definition) is 4. The van der Waals surface area contributed by atoms with Gasteiger partial charge in [0.05, 0.1) is 22.1 Å². The van der Waals surface area contributed by atoms with Crippen LogP contribution in [-0.4, -0.2) is 62.5 Å². The third-order valence-electron chi connectivity index (χ3n) is 6.99. The molecule has 0 radical (unpaired) electrons. The van der Waals surface area contributed by atoms with Crippen molar-refractivity contribution in [3.8, 4) is 0 Å². The van der Waals surface area contributed by atoms with Crippen LogP contribution in [0.5, 0.6) is 0 Å². The van der Waals surface area contributed by atoms with Crippen LogP contribution in [0.25, 0.3) is 21.9 Å². The highest BCUT2D eigenvalue weighted by Crippen LogP contribution is 2.28. The van der Waals surface area contributed by atoms with E-state index in [-0.39, 0.29) is 17.6 Å². The molecule has 0 saturated carbocycles. The molecule has 2 aromatic heterocycles. The molecular weight excluding hydrogens is 402 g/mol. The first-order valence-electron chi connectivity index (χ1n) is 11.2. The van der Waals surface area contributed by atoms with Gasteiger partial charge < -0.3 is 9.88 Å². The lowest BCUT2D eigenvalue weighted by molar-refractivity contribution is 0.0153. The van der Waals surface area contributed by atoms with Gasteiger partial charge in [0.15, 0.2) is 0 Å². The number of rotatable bonds is 3. The van der Waals surface area contributed by atoms with Crippen LogP contribution in [0.15, 0.2) is 65.6 Å². The van der Waals surface area contributed by atoms with Gasteiger partial charge in [-0.1, -0.05) is 30.3 Å². The molecule has 7 heteroatoms. The zero-order valence-corrected chi connectivity index (χ0v) is 17.8. The molecule has 32 heavy (non-hydrogen) atoms. The maximum Gasteiger partial charge on any atom is 0.326 e. The van der Waals surface area contributed by atoms with Gasteiger partial charge >= 0.3 is 5.69 Å². The number of carbonyl (C=O) groups excluding carboxylic acids is 1. The van der Waals surface area contributed by atoms with Gasteiger partial charge in [0.25, 0.3) is 5.91 Å². The lowest BCUT2D eigenvalue weighted by atomic mass is 9.98. The average molecular weight is 428 g/mol. The van der Waals surface area contributed by atoms with Crippen LogP contribution in [-0.2, 0) is 0 Å². The van der Waals surface area contributed by atoms with Crippen molar-refractivity contribution >= 4 is 27.8 Å². The van der Waals surface area contributed by atoms with E-state index in [0.717, 1.165) is 61.0 Å². The maximum atomic E-state index is 12.9. The molecule has 2 aliphatic rings. The number of fused-ring (bicyclic) bond motifs is 2. The molecular formula is C25H25N5O2. The molecule has 1 amide bonds. The van der Waals surface area contributed by atoms with Gasteiger partial charge in [0.2, 0.25) is 0 Å². The third kappa shape index (κ3) is 3.20. The van der Waals surface area contributed by atoms with Crippen molar-refractivity contribution in [3.05, 3.63) is 76.8 Å². The summed E-state index contributed by atoms with van der Waals surface area (Å²) < 4.78 is 1.93. The molecule has 162 valence electrons. The van der Waals surface area contributed by atoms with Crippen LogP contribution in [0, 0.1) is 0 Å². The second-order valence-electron chi connectivity index (χ2n) is 8.87. The minimum atomic E-state index is -0.0194. The van der Waals surface area contributed by atoms with Gasteiger partial charge in [-0.3, -0.25) is 19.2 Å². The normalized spacial score (nSPS) is 18.3. The molecule has 0 atom stereocenters. The SMILES string of the molecule is O=C(c1cnc2ccccc2c1)N1CC(N2CCC(n3c(=O)[nH]c4ccccc43)CC2)C1. The number of piperidine rings is 1. The fourth-order valence-corrected chi connectivity index (χ4v) is 5.17. The zero-order valence-electron chi connectivity index (χ0n) is 17.8. The number of hydrogen-bond donors (Lipinski definition) is 1. The number of para-hydroxylation sites is 3. The summed E-state index contributed by atoms with van der Waals surface area (Å²) in [6.45, 7) is 3.40. The van der Waals surface area contributed by atoms with E-state index in [1.807, 2.05) is 64.1 Å². The second kappa shape index (κ2) is 7.60.